The highest BCUT2D eigenvalue weighted by Gasteiger charge is 2.27. The Bertz CT molecular complexity index is 1070. The Hall–Kier alpha value is -3.25. The Morgan fingerprint density at radius 1 is 0.750 bits per heavy atom. The maximum Gasteiger partial charge on any atom is 0.254 e. The number of aryl methyl sites for hydroxylation is 1. The van der Waals surface area contributed by atoms with Gasteiger partial charge in [-0.1, -0.05) is 54.6 Å². The van der Waals surface area contributed by atoms with Gasteiger partial charge in [0.1, 0.15) is 0 Å². The monoisotopic (exact) mass is 446 g/mol. The van der Waals surface area contributed by atoms with Crippen LogP contribution in [0.5, 0.6) is 0 Å². The predicted octanol–water partition coefficient (Wildman–Crippen LogP) is 4.29. The third kappa shape index (κ3) is 5.14. The van der Waals surface area contributed by atoms with Crippen molar-refractivity contribution in [3.8, 4) is 0 Å². The van der Waals surface area contributed by atoms with Crippen LogP contribution in [0.2, 0.25) is 0 Å². The van der Waals surface area contributed by atoms with Gasteiger partial charge in [-0.15, -0.1) is 11.3 Å². The molecule has 0 unspecified atom stereocenters. The number of hydrogen-bond acceptors (Lipinski definition) is 4. The summed E-state index contributed by atoms with van der Waals surface area (Å²) in [5, 5.41) is 1.85. The number of thiophene rings is 1. The van der Waals surface area contributed by atoms with Gasteiger partial charge in [0.15, 0.2) is 0 Å². The van der Waals surface area contributed by atoms with Gasteiger partial charge in [0.25, 0.3) is 5.91 Å². The molecule has 0 atom stereocenters. The molecule has 1 aromatic heterocycles. The van der Waals surface area contributed by atoms with Crippen LogP contribution in [0.4, 0.5) is 0 Å². The highest BCUT2D eigenvalue weighted by atomic mass is 32.1. The standard InChI is InChI=1S/C26H26N2O3S/c29-24(14-6-10-20-8-2-1-3-9-20)27-15-17-28(18-16-27)26(31)22-12-5-4-11-21(22)25(30)23-13-7-19-32-23/h1-5,7-9,11-13,19H,6,10,14-18H2. The number of nitrogens with zero attached hydrogens (tertiary/aromatic N) is 2. The van der Waals surface area contributed by atoms with Gasteiger partial charge in [-0.05, 0) is 35.9 Å². The Balaban J connectivity index is 1.32. The van der Waals surface area contributed by atoms with Gasteiger partial charge in [0.2, 0.25) is 11.7 Å². The largest absolute Gasteiger partial charge is 0.339 e. The van der Waals surface area contributed by atoms with Crippen LogP contribution >= 0.6 is 11.3 Å². The molecule has 0 saturated carbocycles. The fourth-order valence-corrected chi connectivity index (χ4v) is 4.66. The van der Waals surface area contributed by atoms with E-state index in [4.69, 9.17) is 0 Å². The van der Waals surface area contributed by atoms with Crippen molar-refractivity contribution in [2.75, 3.05) is 26.2 Å². The first kappa shape index (κ1) is 22.0. The number of benzene rings is 2. The molecule has 1 fully saturated rings. The molecule has 0 spiro atoms. The van der Waals surface area contributed by atoms with Gasteiger partial charge in [-0.3, -0.25) is 14.4 Å². The summed E-state index contributed by atoms with van der Waals surface area (Å²) in [5.74, 6) is -0.140. The van der Waals surface area contributed by atoms with E-state index in [0.717, 1.165) is 12.8 Å². The molecule has 2 aromatic carbocycles. The van der Waals surface area contributed by atoms with Gasteiger partial charge >= 0.3 is 0 Å². The minimum Gasteiger partial charge on any atom is -0.339 e. The third-order valence-corrected chi connectivity index (χ3v) is 6.63. The van der Waals surface area contributed by atoms with E-state index < -0.39 is 0 Å². The van der Waals surface area contributed by atoms with E-state index in [1.54, 1.807) is 35.2 Å². The van der Waals surface area contributed by atoms with Crippen molar-refractivity contribution in [1.29, 1.82) is 0 Å². The number of carbonyl (C=O) groups is 3. The van der Waals surface area contributed by atoms with Crippen molar-refractivity contribution in [2.24, 2.45) is 0 Å². The Morgan fingerprint density at radius 3 is 2.09 bits per heavy atom. The summed E-state index contributed by atoms with van der Waals surface area (Å²) < 4.78 is 0. The Labute approximate surface area is 192 Å². The second kappa shape index (κ2) is 10.4. The first-order chi connectivity index (χ1) is 15.6. The summed E-state index contributed by atoms with van der Waals surface area (Å²) in [4.78, 5) is 42.8. The van der Waals surface area contributed by atoms with E-state index in [-0.39, 0.29) is 17.6 Å². The molecule has 0 bridgehead atoms. The lowest BCUT2D eigenvalue weighted by Gasteiger charge is -2.35. The van der Waals surface area contributed by atoms with Crippen LogP contribution in [0.15, 0.2) is 72.1 Å². The molecule has 2 heterocycles. The van der Waals surface area contributed by atoms with Gasteiger partial charge in [0.05, 0.1) is 10.4 Å². The summed E-state index contributed by atoms with van der Waals surface area (Å²) in [6, 6.07) is 20.8. The Kier molecular flexibility index (Phi) is 7.12. The Morgan fingerprint density at radius 2 is 1.41 bits per heavy atom. The number of hydrogen-bond donors (Lipinski definition) is 0. The zero-order valence-corrected chi connectivity index (χ0v) is 18.7. The molecule has 164 valence electrons. The molecule has 1 saturated heterocycles. The maximum atomic E-state index is 13.2. The van der Waals surface area contributed by atoms with Crippen LogP contribution in [0.1, 0.15) is 44.0 Å². The summed E-state index contributed by atoms with van der Waals surface area (Å²) in [5.41, 5.74) is 2.10. The van der Waals surface area contributed by atoms with E-state index in [9.17, 15) is 14.4 Å². The van der Waals surface area contributed by atoms with Crippen molar-refractivity contribution in [3.63, 3.8) is 0 Å². The zero-order chi connectivity index (χ0) is 22.3. The summed E-state index contributed by atoms with van der Waals surface area (Å²) >= 11 is 1.37. The molecule has 0 radical (unpaired) electrons. The van der Waals surface area contributed by atoms with Crippen molar-refractivity contribution < 1.29 is 14.4 Å². The highest BCUT2D eigenvalue weighted by molar-refractivity contribution is 7.12. The van der Waals surface area contributed by atoms with Crippen LogP contribution in [0.3, 0.4) is 0 Å². The van der Waals surface area contributed by atoms with Crippen LogP contribution in [-0.4, -0.2) is 53.6 Å². The summed E-state index contributed by atoms with van der Waals surface area (Å²) in [6.45, 7) is 2.00. The quantitative estimate of drug-likeness (QED) is 0.509. The minimum atomic E-state index is -0.151. The predicted molar refractivity (Wildman–Crippen MR) is 126 cm³/mol. The lowest BCUT2D eigenvalue weighted by Crippen LogP contribution is -2.50. The first-order valence-corrected chi connectivity index (χ1v) is 11.8. The second-order valence-electron chi connectivity index (χ2n) is 7.86. The summed E-state index contributed by atoms with van der Waals surface area (Å²) in [6.07, 6.45) is 2.22. The fourth-order valence-electron chi connectivity index (χ4n) is 3.98. The summed E-state index contributed by atoms with van der Waals surface area (Å²) in [7, 11) is 0. The smallest absolute Gasteiger partial charge is 0.254 e. The van der Waals surface area contributed by atoms with Crippen molar-refractivity contribution in [3.05, 3.63) is 93.7 Å². The van der Waals surface area contributed by atoms with E-state index in [1.807, 2.05) is 34.5 Å². The molecule has 4 rings (SSSR count). The highest BCUT2D eigenvalue weighted by Crippen LogP contribution is 2.20. The van der Waals surface area contributed by atoms with Gasteiger partial charge in [-0.25, -0.2) is 0 Å². The molecule has 0 N–H and O–H groups in total. The number of carbonyl (C=O) groups excluding carboxylic acids is 3. The molecule has 0 aliphatic carbocycles. The number of rotatable bonds is 7. The average Bonchev–Trinajstić information content (AvgIpc) is 3.39. The molecule has 1 aliphatic rings. The molecule has 5 nitrogen and oxygen atoms in total. The normalized spacial score (nSPS) is 13.8. The molecule has 32 heavy (non-hydrogen) atoms. The third-order valence-electron chi connectivity index (χ3n) is 5.77. The number of ketones is 1. The van der Waals surface area contributed by atoms with Crippen LogP contribution in [-0.2, 0) is 11.2 Å². The van der Waals surface area contributed by atoms with Crippen LogP contribution in [0, 0.1) is 0 Å². The lowest BCUT2D eigenvalue weighted by atomic mass is 10.0. The van der Waals surface area contributed by atoms with Crippen LogP contribution in [0.25, 0.3) is 0 Å². The van der Waals surface area contributed by atoms with E-state index in [1.165, 1.54) is 16.9 Å². The zero-order valence-electron chi connectivity index (χ0n) is 17.9. The molecular formula is C26H26N2O3S. The van der Waals surface area contributed by atoms with E-state index in [2.05, 4.69) is 12.1 Å². The molecular weight excluding hydrogens is 420 g/mol. The topological polar surface area (TPSA) is 57.7 Å². The molecule has 6 heteroatoms. The molecule has 3 aromatic rings. The maximum absolute atomic E-state index is 13.2. The SMILES string of the molecule is O=C(c1cccs1)c1ccccc1C(=O)N1CCN(C(=O)CCCc2ccccc2)CC1. The molecule has 1 aliphatic heterocycles. The number of piperazine rings is 1. The van der Waals surface area contributed by atoms with Gasteiger partial charge < -0.3 is 9.80 Å². The van der Waals surface area contributed by atoms with Crippen LogP contribution < -0.4 is 0 Å². The van der Waals surface area contributed by atoms with Crippen molar-refractivity contribution >= 4 is 28.9 Å². The number of amides is 2. The first-order valence-electron chi connectivity index (χ1n) is 10.9. The van der Waals surface area contributed by atoms with Gasteiger partial charge in [-0.2, -0.15) is 0 Å². The van der Waals surface area contributed by atoms with E-state index >= 15 is 0 Å². The molecule has 2 amide bonds. The fraction of sp³-hybridized carbons (Fsp3) is 0.269. The minimum absolute atomic E-state index is 0.129. The van der Waals surface area contributed by atoms with E-state index in [0.29, 0.717) is 48.6 Å². The van der Waals surface area contributed by atoms with Crippen molar-refractivity contribution in [1.82, 2.24) is 9.80 Å². The lowest BCUT2D eigenvalue weighted by molar-refractivity contribution is -0.132. The van der Waals surface area contributed by atoms with Crippen molar-refractivity contribution in [2.45, 2.75) is 19.3 Å². The second-order valence-corrected chi connectivity index (χ2v) is 8.81. The average molecular weight is 447 g/mol. The van der Waals surface area contributed by atoms with Gasteiger partial charge in [0, 0.05) is 38.2 Å².